The topological polar surface area (TPSA) is 88.6 Å². The summed E-state index contributed by atoms with van der Waals surface area (Å²) in [6.07, 6.45) is 7.69. The van der Waals surface area contributed by atoms with Gasteiger partial charge in [-0.1, -0.05) is 27.2 Å². The van der Waals surface area contributed by atoms with Gasteiger partial charge in [0.15, 0.2) is 0 Å². The highest BCUT2D eigenvalue weighted by atomic mass is 79.9. The normalized spacial score (nSPS) is 18.7. The number of esters is 1. The number of carbonyl (C=O) groups is 3. The Balaban J connectivity index is 2.21. The highest BCUT2D eigenvalue weighted by molar-refractivity contribution is 9.10. The number of carbonyl (C=O) groups excluding carboxylic acids is 3. The van der Waals surface area contributed by atoms with Crippen LogP contribution < -0.4 is 5.32 Å². The van der Waals surface area contributed by atoms with Crippen molar-refractivity contribution >= 4 is 33.7 Å². The van der Waals surface area contributed by atoms with E-state index < -0.39 is 23.5 Å². The van der Waals surface area contributed by atoms with Crippen LogP contribution in [-0.2, 0) is 25.7 Å². The van der Waals surface area contributed by atoms with Crippen molar-refractivity contribution in [1.29, 1.82) is 0 Å². The van der Waals surface area contributed by atoms with Gasteiger partial charge in [0.2, 0.25) is 11.8 Å². The number of halogens is 1. The van der Waals surface area contributed by atoms with Crippen LogP contribution in [-0.4, -0.2) is 45.9 Å². The first kappa shape index (κ1) is 29.3. The molecule has 35 heavy (non-hydrogen) atoms. The number of rotatable bonds is 10. The second-order valence-electron chi connectivity index (χ2n) is 11.0. The minimum Gasteiger partial charge on any atom is -0.460 e. The maximum Gasteiger partial charge on any atom is 0.310 e. The first-order chi connectivity index (χ1) is 16.4. The Hall–Kier alpha value is -1.96. The van der Waals surface area contributed by atoms with Gasteiger partial charge in [0.25, 0.3) is 0 Å². The van der Waals surface area contributed by atoms with Crippen molar-refractivity contribution in [2.45, 2.75) is 98.3 Å². The first-order valence-corrected chi connectivity index (χ1v) is 13.6. The lowest BCUT2D eigenvalue weighted by Gasteiger charge is -2.31. The van der Waals surface area contributed by atoms with Gasteiger partial charge in [-0.15, -0.1) is 0 Å². The van der Waals surface area contributed by atoms with E-state index in [0.29, 0.717) is 32.4 Å². The van der Waals surface area contributed by atoms with E-state index in [-0.39, 0.29) is 23.7 Å². The zero-order chi connectivity index (χ0) is 26.2. The summed E-state index contributed by atoms with van der Waals surface area (Å²) < 4.78 is 6.55. The fourth-order valence-corrected chi connectivity index (χ4v) is 4.98. The summed E-state index contributed by atoms with van der Waals surface area (Å²) in [7, 11) is 0. The number of nitrogens with zero attached hydrogens (tertiary/aromatic N) is 2. The summed E-state index contributed by atoms with van der Waals surface area (Å²) in [5, 5.41) is 3.04. The molecule has 1 aromatic rings. The van der Waals surface area contributed by atoms with Crippen molar-refractivity contribution in [2.75, 3.05) is 6.54 Å². The molecule has 1 saturated heterocycles. The molecular weight excluding hydrogens is 510 g/mol. The Labute approximate surface area is 218 Å². The van der Waals surface area contributed by atoms with E-state index in [2.05, 4.69) is 26.2 Å². The summed E-state index contributed by atoms with van der Waals surface area (Å²) in [6.45, 7) is 12.7. The second-order valence-corrected chi connectivity index (χ2v) is 11.9. The lowest BCUT2D eigenvalue weighted by atomic mass is 9.81. The number of aromatic nitrogens is 1. The van der Waals surface area contributed by atoms with Crippen LogP contribution in [0.2, 0.25) is 0 Å². The standard InChI is InChI=1S/C27H42BrN3O4/c1-7-10-21(26(34)35-27(4,5)6)22(13-18(2)3)24(32)30-23-11-8-9-12-31(25(23)33)17-19-14-20(28)16-29-15-19/h14-16,18,21-23H,7-13,17H2,1-6H3,(H,30,32)/t21?,22?,23-/m0/s1. The third kappa shape index (κ3) is 9.54. The Morgan fingerprint density at radius 2 is 1.94 bits per heavy atom. The largest absolute Gasteiger partial charge is 0.460 e. The van der Waals surface area contributed by atoms with Crippen LogP contribution in [0.3, 0.4) is 0 Å². The number of likely N-dealkylation sites (tertiary alicyclic amines) is 1. The summed E-state index contributed by atoms with van der Waals surface area (Å²) in [4.78, 5) is 46.1. The summed E-state index contributed by atoms with van der Waals surface area (Å²) in [5.41, 5.74) is 0.311. The van der Waals surface area contributed by atoms with Crippen molar-refractivity contribution < 1.29 is 19.1 Å². The van der Waals surface area contributed by atoms with Gasteiger partial charge < -0.3 is 15.0 Å². The molecule has 8 heteroatoms. The minimum absolute atomic E-state index is 0.0802. The molecule has 1 aliphatic rings. The average Bonchev–Trinajstić information content (AvgIpc) is 2.91. The number of ether oxygens (including phenoxy) is 1. The molecule has 2 rings (SSSR count). The highest BCUT2D eigenvalue weighted by Gasteiger charge is 2.38. The maximum atomic E-state index is 13.6. The molecule has 0 radical (unpaired) electrons. The highest BCUT2D eigenvalue weighted by Crippen LogP contribution is 2.29. The summed E-state index contributed by atoms with van der Waals surface area (Å²) in [6, 6.07) is 1.36. The monoisotopic (exact) mass is 551 g/mol. The van der Waals surface area contributed by atoms with E-state index in [4.69, 9.17) is 4.74 Å². The molecule has 1 aromatic heterocycles. The van der Waals surface area contributed by atoms with Gasteiger partial charge in [-0.3, -0.25) is 19.4 Å². The van der Waals surface area contributed by atoms with E-state index in [9.17, 15) is 14.4 Å². The molecule has 2 amide bonds. The predicted molar refractivity (Wildman–Crippen MR) is 140 cm³/mol. The molecule has 0 bridgehead atoms. The van der Waals surface area contributed by atoms with E-state index in [0.717, 1.165) is 29.3 Å². The van der Waals surface area contributed by atoms with Crippen LogP contribution in [0, 0.1) is 17.8 Å². The Kier molecular flexibility index (Phi) is 11.2. The SMILES string of the molecule is CCCC(C(=O)OC(C)(C)C)C(CC(C)C)C(=O)N[C@H]1CCCCN(Cc2cncc(Br)c2)C1=O. The fourth-order valence-electron chi connectivity index (χ4n) is 4.57. The van der Waals surface area contributed by atoms with Crippen LogP contribution in [0.15, 0.2) is 22.9 Å². The van der Waals surface area contributed by atoms with Gasteiger partial charge >= 0.3 is 5.97 Å². The number of hydrogen-bond donors (Lipinski definition) is 1. The predicted octanol–water partition coefficient (Wildman–Crippen LogP) is 5.26. The lowest BCUT2D eigenvalue weighted by molar-refractivity contribution is -0.164. The molecule has 3 atom stereocenters. The molecule has 0 saturated carbocycles. The van der Waals surface area contributed by atoms with E-state index in [1.165, 1.54) is 0 Å². The number of nitrogens with one attached hydrogen (secondary N) is 1. The number of hydrogen-bond acceptors (Lipinski definition) is 5. The van der Waals surface area contributed by atoms with Crippen LogP contribution in [0.5, 0.6) is 0 Å². The smallest absolute Gasteiger partial charge is 0.310 e. The lowest BCUT2D eigenvalue weighted by Crippen LogP contribution is -2.50. The molecule has 1 aliphatic heterocycles. The van der Waals surface area contributed by atoms with Gasteiger partial charge in [-0.2, -0.15) is 0 Å². The van der Waals surface area contributed by atoms with Crippen molar-refractivity contribution in [2.24, 2.45) is 17.8 Å². The molecule has 0 aliphatic carbocycles. The van der Waals surface area contributed by atoms with Crippen molar-refractivity contribution in [3.05, 3.63) is 28.5 Å². The molecule has 2 heterocycles. The van der Waals surface area contributed by atoms with Crippen LogP contribution >= 0.6 is 15.9 Å². The quantitative estimate of drug-likeness (QED) is 0.400. The van der Waals surface area contributed by atoms with Crippen molar-refractivity contribution in [1.82, 2.24) is 15.2 Å². The first-order valence-electron chi connectivity index (χ1n) is 12.8. The van der Waals surface area contributed by atoms with Gasteiger partial charge in [-0.05, 0) is 86.4 Å². The second kappa shape index (κ2) is 13.4. The molecule has 0 aromatic carbocycles. The third-order valence-electron chi connectivity index (χ3n) is 6.09. The van der Waals surface area contributed by atoms with Gasteiger partial charge in [0.05, 0.1) is 11.8 Å². The number of pyridine rings is 1. The zero-order valence-corrected chi connectivity index (χ0v) is 23.7. The summed E-state index contributed by atoms with van der Waals surface area (Å²) >= 11 is 3.43. The van der Waals surface area contributed by atoms with Crippen LogP contribution in [0.1, 0.15) is 85.6 Å². The molecular formula is C27H42BrN3O4. The van der Waals surface area contributed by atoms with Crippen LogP contribution in [0.4, 0.5) is 0 Å². The van der Waals surface area contributed by atoms with E-state index in [1.807, 2.05) is 47.6 Å². The zero-order valence-electron chi connectivity index (χ0n) is 22.1. The Morgan fingerprint density at radius 1 is 1.23 bits per heavy atom. The fraction of sp³-hybridized carbons (Fsp3) is 0.704. The molecule has 1 N–H and O–H groups in total. The Bertz CT molecular complexity index is 868. The molecule has 0 spiro atoms. The maximum absolute atomic E-state index is 13.6. The average molecular weight is 553 g/mol. The molecule has 7 nitrogen and oxygen atoms in total. The summed E-state index contributed by atoms with van der Waals surface area (Å²) in [5.74, 6) is -1.50. The van der Waals surface area contributed by atoms with Crippen LogP contribution in [0.25, 0.3) is 0 Å². The Morgan fingerprint density at radius 3 is 2.54 bits per heavy atom. The minimum atomic E-state index is -0.624. The molecule has 196 valence electrons. The van der Waals surface area contributed by atoms with Crippen molar-refractivity contribution in [3.8, 4) is 0 Å². The molecule has 2 unspecified atom stereocenters. The van der Waals surface area contributed by atoms with Crippen molar-refractivity contribution in [3.63, 3.8) is 0 Å². The van der Waals surface area contributed by atoms with Gasteiger partial charge in [-0.25, -0.2) is 0 Å². The number of amides is 2. The van der Waals surface area contributed by atoms with Gasteiger partial charge in [0.1, 0.15) is 11.6 Å². The molecule has 1 fully saturated rings. The third-order valence-corrected chi connectivity index (χ3v) is 6.52. The van der Waals surface area contributed by atoms with E-state index in [1.54, 1.807) is 17.3 Å². The van der Waals surface area contributed by atoms with Gasteiger partial charge in [0, 0.05) is 30.0 Å². The van der Waals surface area contributed by atoms with E-state index >= 15 is 0 Å².